The Labute approximate surface area is 178 Å². The number of piperidine rings is 1. The summed E-state index contributed by atoms with van der Waals surface area (Å²) >= 11 is 6.06. The molecule has 29 heavy (non-hydrogen) atoms. The van der Waals surface area contributed by atoms with Crippen molar-refractivity contribution >= 4 is 23.6 Å². The van der Waals surface area contributed by atoms with Crippen LogP contribution in [0.1, 0.15) is 70.2 Å². The van der Waals surface area contributed by atoms with Crippen molar-refractivity contribution in [2.24, 2.45) is 0 Å². The highest BCUT2D eigenvalue weighted by Gasteiger charge is 2.34. The highest BCUT2D eigenvalue weighted by Crippen LogP contribution is 2.18. The van der Waals surface area contributed by atoms with Crippen LogP contribution in [0.15, 0.2) is 0 Å². The van der Waals surface area contributed by atoms with Gasteiger partial charge in [-0.2, -0.15) is 0 Å². The van der Waals surface area contributed by atoms with Gasteiger partial charge in [0, 0.05) is 25.2 Å². The molecule has 0 bridgehead atoms. The lowest BCUT2D eigenvalue weighted by atomic mass is 9.99. The van der Waals surface area contributed by atoms with Gasteiger partial charge in [-0.05, 0) is 46.6 Å². The molecule has 0 saturated carbocycles. The van der Waals surface area contributed by atoms with Crippen molar-refractivity contribution < 1.29 is 14.3 Å². The average Bonchev–Trinajstić information content (AvgIpc) is 3.02. The fourth-order valence-electron chi connectivity index (χ4n) is 3.25. The van der Waals surface area contributed by atoms with Crippen LogP contribution in [0.4, 0.5) is 4.79 Å². The molecule has 164 valence electrons. The largest absolute Gasteiger partial charge is 0.444 e. The lowest BCUT2D eigenvalue weighted by Crippen LogP contribution is -2.61. The summed E-state index contributed by atoms with van der Waals surface area (Å²) in [6.45, 7) is 11.5. The summed E-state index contributed by atoms with van der Waals surface area (Å²) in [6, 6.07) is -0.185. The van der Waals surface area contributed by atoms with Gasteiger partial charge >= 0.3 is 6.09 Å². The number of hydrogen-bond donors (Lipinski definition) is 3. The normalized spacial score (nSPS) is 19.9. The third kappa shape index (κ3) is 6.89. The molecule has 0 radical (unpaired) electrons. The molecule has 1 aliphatic rings. The Hall–Kier alpha value is -1.80. The van der Waals surface area contributed by atoms with Crippen molar-refractivity contribution in [3.63, 3.8) is 0 Å². The van der Waals surface area contributed by atoms with Gasteiger partial charge in [-0.15, -0.1) is 0 Å². The molecule has 0 aromatic carbocycles. The molecule has 2 rings (SSSR count). The van der Waals surface area contributed by atoms with Crippen molar-refractivity contribution in [2.45, 2.75) is 78.0 Å². The Kier molecular flexibility index (Phi) is 8.34. The maximum atomic E-state index is 12.7. The van der Waals surface area contributed by atoms with Gasteiger partial charge in [0.2, 0.25) is 0 Å². The monoisotopic (exact) mass is 427 g/mol. The minimum Gasteiger partial charge on any atom is -0.444 e. The number of ether oxygens (including phenoxy) is 1. The Bertz CT molecular complexity index is 701. The van der Waals surface area contributed by atoms with E-state index in [-0.39, 0.29) is 29.9 Å². The SMILES string of the molecule is CCCCN[C@H]1CN(C(=O)OC(C)(C)C)CC[C@@H]1NC(=O)c1nc(Cl)c(CC)[nH]1. The van der Waals surface area contributed by atoms with Gasteiger partial charge in [0.15, 0.2) is 11.0 Å². The number of nitrogens with zero attached hydrogens (tertiary/aromatic N) is 2. The standard InChI is InChI=1S/C20H34ClN5O3/c1-6-8-10-22-15-12-26(19(28)29-20(3,4)5)11-9-14(15)24-18(27)17-23-13(7-2)16(21)25-17/h14-15,22H,6-12H2,1-5H3,(H,23,25)(H,24,27)/t14-,15-/m0/s1. The number of aromatic amines is 1. The molecule has 1 aromatic heterocycles. The molecule has 1 aromatic rings. The van der Waals surface area contributed by atoms with Crippen LogP contribution >= 0.6 is 11.6 Å². The van der Waals surface area contributed by atoms with Crippen molar-refractivity contribution in [3.05, 3.63) is 16.7 Å². The number of aryl methyl sites for hydroxylation is 1. The average molecular weight is 428 g/mol. The van der Waals surface area contributed by atoms with E-state index in [9.17, 15) is 9.59 Å². The van der Waals surface area contributed by atoms with Crippen LogP contribution in [0.25, 0.3) is 0 Å². The number of unbranched alkanes of at least 4 members (excludes halogenated alkanes) is 1. The zero-order valence-electron chi connectivity index (χ0n) is 18.1. The van der Waals surface area contributed by atoms with E-state index in [1.165, 1.54) is 0 Å². The van der Waals surface area contributed by atoms with E-state index >= 15 is 0 Å². The zero-order valence-corrected chi connectivity index (χ0v) is 18.9. The van der Waals surface area contributed by atoms with Crippen LogP contribution < -0.4 is 10.6 Å². The lowest BCUT2D eigenvalue weighted by Gasteiger charge is -2.39. The predicted molar refractivity (Wildman–Crippen MR) is 113 cm³/mol. The van der Waals surface area contributed by atoms with Gasteiger partial charge in [-0.1, -0.05) is 31.9 Å². The number of halogens is 1. The number of amides is 2. The van der Waals surface area contributed by atoms with Gasteiger partial charge in [0.05, 0.1) is 5.69 Å². The predicted octanol–water partition coefficient (Wildman–Crippen LogP) is 3.12. The molecule has 0 unspecified atom stereocenters. The second-order valence-corrected chi connectivity index (χ2v) is 8.78. The molecule has 2 heterocycles. The Morgan fingerprint density at radius 3 is 2.62 bits per heavy atom. The van der Waals surface area contributed by atoms with Crippen molar-refractivity contribution in [1.29, 1.82) is 0 Å². The number of hydrogen-bond acceptors (Lipinski definition) is 5. The third-order valence-electron chi connectivity index (χ3n) is 4.81. The summed E-state index contributed by atoms with van der Waals surface area (Å²) in [5, 5.41) is 6.86. The Morgan fingerprint density at radius 2 is 2.03 bits per heavy atom. The van der Waals surface area contributed by atoms with Gasteiger partial charge in [0.25, 0.3) is 5.91 Å². The fraction of sp³-hybridized carbons (Fsp3) is 0.750. The van der Waals surface area contributed by atoms with Gasteiger partial charge in [0.1, 0.15) is 5.60 Å². The number of aromatic nitrogens is 2. The minimum absolute atomic E-state index is 0.0668. The summed E-state index contributed by atoms with van der Waals surface area (Å²) in [4.78, 5) is 34.0. The first-order chi connectivity index (χ1) is 13.6. The van der Waals surface area contributed by atoms with Crippen LogP contribution in [0.3, 0.4) is 0 Å². The topological polar surface area (TPSA) is 99.4 Å². The second-order valence-electron chi connectivity index (χ2n) is 8.42. The number of imidazole rings is 1. The van der Waals surface area contributed by atoms with Crippen LogP contribution in [0.5, 0.6) is 0 Å². The van der Waals surface area contributed by atoms with E-state index in [2.05, 4.69) is 27.5 Å². The van der Waals surface area contributed by atoms with Crippen molar-refractivity contribution in [3.8, 4) is 0 Å². The maximum Gasteiger partial charge on any atom is 0.410 e. The number of nitrogens with one attached hydrogen (secondary N) is 3. The van der Waals surface area contributed by atoms with E-state index in [4.69, 9.17) is 16.3 Å². The summed E-state index contributed by atoms with van der Waals surface area (Å²) in [5.41, 5.74) is 0.206. The summed E-state index contributed by atoms with van der Waals surface area (Å²) in [5.74, 6) is -0.0710. The zero-order chi connectivity index (χ0) is 21.6. The van der Waals surface area contributed by atoms with E-state index in [0.29, 0.717) is 31.1 Å². The highest BCUT2D eigenvalue weighted by molar-refractivity contribution is 6.30. The van der Waals surface area contributed by atoms with E-state index in [1.807, 2.05) is 27.7 Å². The molecule has 2 atom stereocenters. The quantitative estimate of drug-likeness (QED) is 0.580. The van der Waals surface area contributed by atoms with Crippen molar-refractivity contribution in [1.82, 2.24) is 25.5 Å². The van der Waals surface area contributed by atoms with E-state index in [0.717, 1.165) is 25.1 Å². The van der Waals surface area contributed by atoms with Crippen LogP contribution in [-0.2, 0) is 11.2 Å². The van der Waals surface area contributed by atoms with Gasteiger partial charge in [-0.3, -0.25) is 4.79 Å². The summed E-state index contributed by atoms with van der Waals surface area (Å²) < 4.78 is 5.51. The van der Waals surface area contributed by atoms with Crippen molar-refractivity contribution in [2.75, 3.05) is 19.6 Å². The Morgan fingerprint density at radius 1 is 1.31 bits per heavy atom. The lowest BCUT2D eigenvalue weighted by molar-refractivity contribution is 0.0163. The molecule has 8 nitrogen and oxygen atoms in total. The number of rotatable bonds is 7. The number of likely N-dealkylation sites (tertiary alicyclic amines) is 1. The molecule has 9 heteroatoms. The first kappa shape index (κ1) is 23.5. The second kappa shape index (κ2) is 10.3. The first-order valence-electron chi connectivity index (χ1n) is 10.4. The molecule has 3 N–H and O–H groups in total. The van der Waals surface area contributed by atoms with Crippen LogP contribution in [0, 0.1) is 0 Å². The number of H-pyrrole nitrogens is 1. The molecule has 2 amide bonds. The molecule has 0 spiro atoms. The molecule has 1 saturated heterocycles. The van der Waals surface area contributed by atoms with E-state index < -0.39 is 5.60 Å². The molecule has 1 fully saturated rings. The highest BCUT2D eigenvalue weighted by atomic mass is 35.5. The smallest absolute Gasteiger partial charge is 0.410 e. The van der Waals surface area contributed by atoms with Crippen LogP contribution in [-0.4, -0.2) is 64.2 Å². The van der Waals surface area contributed by atoms with Crippen LogP contribution in [0.2, 0.25) is 5.15 Å². The fourth-order valence-corrected chi connectivity index (χ4v) is 3.52. The molecule has 0 aliphatic carbocycles. The minimum atomic E-state index is -0.539. The first-order valence-corrected chi connectivity index (χ1v) is 10.8. The maximum absolute atomic E-state index is 12.7. The number of carbonyl (C=O) groups excluding carboxylic acids is 2. The number of carbonyl (C=O) groups is 2. The third-order valence-corrected chi connectivity index (χ3v) is 5.13. The summed E-state index contributed by atoms with van der Waals surface area (Å²) in [7, 11) is 0. The summed E-state index contributed by atoms with van der Waals surface area (Å²) in [6.07, 6.45) is 3.07. The van der Waals surface area contributed by atoms with E-state index in [1.54, 1.807) is 4.90 Å². The van der Waals surface area contributed by atoms with Gasteiger partial charge in [-0.25, -0.2) is 9.78 Å². The molecule has 1 aliphatic heterocycles. The molecular formula is C20H34ClN5O3. The molecular weight excluding hydrogens is 394 g/mol. The Balaban J connectivity index is 2.04. The van der Waals surface area contributed by atoms with Gasteiger partial charge < -0.3 is 25.3 Å².